The van der Waals surface area contributed by atoms with E-state index in [2.05, 4.69) is 22.8 Å². The number of aromatic nitrogens is 2. The summed E-state index contributed by atoms with van der Waals surface area (Å²) in [7, 11) is 0. The molecule has 0 unspecified atom stereocenters. The first kappa shape index (κ1) is 26.1. The van der Waals surface area contributed by atoms with Crippen LogP contribution in [0.1, 0.15) is 46.4 Å². The predicted molar refractivity (Wildman–Crippen MR) is 147 cm³/mol. The molecule has 0 saturated carbocycles. The fourth-order valence-electron chi connectivity index (χ4n) is 5.28. The molecule has 0 spiro atoms. The lowest BCUT2D eigenvalue weighted by molar-refractivity contribution is -0.136. The molecular weight excluding hydrogens is 490 g/mol. The third-order valence-corrected chi connectivity index (χ3v) is 7.36. The number of anilines is 2. The van der Waals surface area contributed by atoms with Gasteiger partial charge in [-0.1, -0.05) is 0 Å². The molecule has 0 radical (unpaired) electrons. The molecule has 2 N–H and O–H groups in total. The van der Waals surface area contributed by atoms with Gasteiger partial charge in [0.1, 0.15) is 5.75 Å². The number of nitrogens with one attached hydrogen (secondary N) is 2. The molecule has 5 rings (SSSR count). The van der Waals surface area contributed by atoms with Gasteiger partial charge in [0.2, 0.25) is 17.7 Å². The lowest BCUT2D eigenvalue weighted by Gasteiger charge is -2.28. The highest BCUT2D eigenvalue weighted by atomic mass is 16.5. The topological polar surface area (TPSA) is 127 Å². The Kier molecular flexibility index (Phi) is 7.72. The number of aryl methyl sites for hydroxylation is 2. The van der Waals surface area contributed by atoms with Crippen LogP contribution < -0.4 is 15.4 Å². The summed E-state index contributed by atoms with van der Waals surface area (Å²) in [6, 6.07) is 15.0. The predicted octanol–water partition coefficient (Wildman–Crippen LogP) is 4.30. The van der Waals surface area contributed by atoms with Gasteiger partial charge in [0, 0.05) is 36.7 Å². The van der Waals surface area contributed by atoms with E-state index < -0.39 is 0 Å². The van der Waals surface area contributed by atoms with Crippen molar-refractivity contribution in [2.24, 2.45) is 5.92 Å². The van der Waals surface area contributed by atoms with Crippen LogP contribution in [0.4, 0.5) is 11.6 Å². The average Bonchev–Trinajstić information content (AvgIpc) is 3.18. The molecule has 0 atom stereocenters. The van der Waals surface area contributed by atoms with E-state index >= 15 is 0 Å². The summed E-state index contributed by atoms with van der Waals surface area (Å²) in [4.78, 5) is 24.9. The largest absolute Gasteiger partial charge is 0.438 e. The maximum atomic E-state index is 13.3. The molecule has 3 aromatic rings. The summed E-state index contributed by atoms with van der Waals surface area (Å²) >= 11 is 0. The number of fused-ring (bicyclic) bond motifs is 1. The Hall–Kier alpha value is -4.47. The van der Waals surface area contributed by atoms with Crippen molar-refractivity contribution in [3.63, 3.8) is 0 Å². The molecule has 9 heteroatoms. The highest BCUT2D eigenvalue weighted by Gasteiger charge is 2.29. The maximum absolute atomic E-state index is 13.3. The molecule has 1 aromatic heterocycles. The number of ether oxygens (including phenoxy) is 1. The fourth-order valence-corrected chi connectivity index (χ4v) is 5.28. The number of hydrogen-bond donors (Lipinski definition) is 2. The van der Waals surface area contributed by atoms with Gasteiger partial charge < -0.3 is 20.3 Å². The molecular formula is C30H31N7O2. The number of nitrogens with zero attached hydrogens (tertiary/aromatic N) is 5. The number of rotatable bonds is 5. The van der Waals surface area contributed by atoms with E-state index in [4.69, 9.17) is 20.0 Å². The van der Waals surface area contributed by atoms with Crippen LogP contribution >= 0.6 is 0 Å². The van der Waals surface area contributed by atoms with E-state index in [0.29, 0.717) is 54.6 Å². The normalized spacial score (nSPS) is 15.4. The van der Waals surface area contributed by atoms with Crippen LogP contribution in [0.15, 0.2) is 36.4 Å². The zero-order valence-corrected chi connectivity index (χ0v) is 22.3. The Labute approximate surface area is 228 Å². The minimum Gasteiger partial charge on any atom is -0.438 e. The molecule has 2 aromatic carbocycles. The van der Waals surface area contributed by atoms with E-state index in [1.165, 1.54) is 0 Å². The number of amides is 1. The first-order valence-corrected chi connectivity index (χ1v) is 13.3. The molecule has 1 saturated heterocycles. The number of benzene rings is 2. The van der Waals surface area contributed by atoms with Gasteiger partial charge in [0.05, 0.1) is 29.0 Å². The third kappa shape index (κ3) is 5.84. The second-order valence-corrected chi connectivity index (χ2v) is 10.1. The number of nitriles is 2. The summed E-state index contributed by atoms with van der Waals surface area (Å²) in [5.74, 6) is 1.77. The standard InChI is InChI=1S/C30H31N7O2/c1-19-15-22(18-32)16-20(2)27(19)39-28-25-9-13-37(29(38)23-7-11-33-12-8-23)14-10-26(25)35-30(36-28)34-24-5-3-21(17-31)4-6-24/h3-6,15-16,23,33H,7-14H2,1-2H3,(H,34,35,36). The summed E-state index contributed by atoms with van der Waals surface area (Å²) in [6.07, 6.45) is 2.92. The van der Waals surface area contributed by atoms with E-state index in [-0.39, 0.29) is 11.8 Å². The van der Waals surface area contributed by atoms with Crippen molar-refractivity contribution >= 4 is 17.5 Å². The summed E-state index contributed by atoms with van der Waals surface area (Å²) in [5.41, 5.74) is 5.33. The zero-order valence-electron chi connectivity index (χ0n) is 22.3. The number of piperidine rings is 1. The minimum absolute atomic E-state index is 0.0619. The Balaban J connectivity index is 1.47. The van der Waals surface area contributed by atoms with Crippen molar-refractivity contribution in [1.82, 2.24) is 20.2 Å². The van der Waals surface area contributed by atoms with Crippen LogP contribution in [-0.4, -0.2) is 47.0 Å². The molecule has 1 amide bonds. The van der Waals surface area contributed by atoms with Crippen molar-refractivity contribution in [3.8, 4) is 23.8 Å². The summed E-state index contributed by atoms with van der Waals surface area (Å²) < 4.78 is 6.47. The molecule has 39 heavy (non-hydrogen) atoms. The van der Waals surface area contributed by atoms with Gasteiger partial charge in [-0.25, -0.2) is 4.98 Å². The lowest BCUT2D eigenvalue weighted by atomic mass is 9.96. The molecule has 198 valence electrons. The SMILES string of the molecule is Cc1cc(C#N)cc(C)c1Oc1nc(Nc2ccc(C#N)cc2)nc2c1CCN(C(=O)C1CCNCC1)CC2. The van der Waals surface area contributed by atoms with Gasteiger partial charge in [0.25, 0.3) is 0 Å². The van der Waals surface area contributed by atoms with Crippen molar-refractivity contribution in [2.75, 3.05) is 31.5 Å². The minimum atomic E-state index is 0.0619. The Morgan fingerprint density at radius 1 is 1.00 bits per heavy atom. The number of hydrogen-bond acceptors (Lipinski definition) is 8. The maximum Gasteiger partial charge on any atom is 0.230 e. The highest BCUT2D eigenvalue weighted by Crippen LogP contribution is 2.34. The first-order valence-electron chi connectivity index (χ1n) is 13.3. The average molecular weight is 522 g/mol. The van der Waals surface area contributed by atoms with Crippen molar-refractivity contribution in [3.05, 3.63) is 69.9 Å². The summed E-state index contributed by atoms with van der Waals surface area (Å²) in [6.45, 7) is 6.76. The van der Waals surface area contributed by atoms with Crippen molar-refractivity contribution in [2.45, 2.75) is 39.5 Å². The van der Waals surface area contributed by atoms with Gasteiger partial charge in [0.15, 0.2) is 0 Å². The molecule has 1 fully saturated rings. The van der Waals surface area contributed by atoms with Crippen LogP contribution in [0.2, 0.25) is 0 Å². The number of carbonyl (C=O) groups excluding carboxylic acids is 1. The van der Waals surface area contributed by atoms with Crippen molar-refractivity contribution in [1.29, 1.82) is 10.5 Å². The smallest absolute Gasteiger partial charge is 0.230 e. The quantitative estimate of drug-likeness (QED) is 0.509. The first-order chi connectivity index (χ1) is 18.9. The Bertz CT molecular complexity index is 1440. The van der Waals surface area contributed by atoms with Gasteiger partial charge in [-0.2, -0.15) is 15.5 Å². The molecule has 0 aliphatic carbocycles. The highest BCUT2D eigenvalue weighted by molar-refractivity contribution is 5.79. The molecule has 3 heterocycles. The summed E-state index contributed by atoms with van der Waals surface area (Å²) in [5, 5.41) is 25.0. The Morgan fingerprint density at radius 3 is 2.33 bits per heavy atom. The van der Waals surface area contributed by atoms with E-state index in [0.717, 1.165) is 54.0 Å². The fraction of sp³-hybridized carbons (Fsp3) is 0.367. The monoisotopic (exact) mass is 521 g/mol. The van der Waals surface area contributed by atoms with Gasteiger partial charge in [-0.05, 0) is 93.7 Å². The van der Waals surface area contributed by atoms with Gasteiger partial charge >= 0.3 is 0 Å². The number of carbonyl (C=O) groups is 1. The molecule has 2 aliphatic rings. The molecule has 9 nitrogen and oxygen atoms in total. The third-order valence-electron chi connectivity index (χ3n) is 7.36. The van der Waals surface area contributed by atoms with Gasteiger partial charge in [-0.3, -0.25) is 4.79 Å². The van der Waals surface area contributed by atoms with Crippen LogP contribution in [0.3, 0.4) is 0 Å². The molecule has 0 bridgehead atoms. The van der Waals surface area contributed by atoms with Crippen LogP contribution in [0.25, 0.3) is 0 Å². The van der Waals surface area contributed by atoms with Crippen LogP contribution in [0.5, 0.6) is 11.6 Å². The molecule has 2 aliphatic heterocycles. The van der Waals surface area contributed by atoms with Crippen LogP contribution in [-0.2, 0) is 17.6 Å². The second-order valence-electron chi connectivity index (χ2n) is 10.1. The lowest BCUT2D eigenvalue weighted by Crippen LogP contribution is -2.42. The van der Waals surface area contributed by atoms with Crippen LogP contribution in [0, 0.1) is 42.4 Å². The Morgan fingerprint density at radius 2 is 1.67 bits per heavy atom. The zero-order chi connectivity index (χ0) is 27.4. The second kappa shape index (κ2) is 11.5. The van der Waals surface area contributed by atoms with Crippen molar-refractivity contribution < 1.29 is 9.53 Å². The van der Waals surface area contributed by atoms with E-state index in [1.807, 2.05) is 30.9 Å². The van der Waals surface area contributed by atoms with E-state index in [1.54, 1.807) is 24.3 Å². The van der Waals surface area contributed by atoms with Gasteiger partial charge in [-0.15, -0.1) is 0 Å². The van der Waals surface area contributed by atoms with E-state index in [9.17, 15) is 10.1 Å².